The van der Waals surface area contributed by atoms with Crippen LogP contribution in [0.1, 0.15) is 16.7 Å². The number of hydrogen-bond acceptors (Lipinski definition) is 3. The van der Waals surface area contributed by atoms with Crippen molar-refractivity contribution in [2.75, 3.05) is 0 Å². The van der Waals surface area contributed by atoms with Crippen LogP contribution in [0.3, 0.4) is 0 Å². The lowest BCUT2D eigenvalue weighted by Crippen LogP contribution is -1.97. The molecule has 4 nitrogen and oxygen atoms in total. The van der Waals surface area contributed by atoms with Gasteiger partial charge >= 0.3 is 0 Å². The zero-order chi connectivity index (χ0) is 17.5. The van der Waals surface area contributed by atoms with Gasteiger partial charge in [-0.15, -0.1) is 0 Å². The number of hydrogen-bond donors (Lipinski definition) is 0. The second-order valence-corrected chi connectivity index (χ2v) is 5.85. The van der Waals surface area contributed by atoms with Gasteiger partial charge in [-0.25, -0.2) is 0 Å². The number of nitro groups is 1. The molecule has 0 aromatic heterocycles. The van der Waals surface area contributed by atoms with E-state index in [-0.39, 0.29) is 10.6 Å². The predicted octanol–water partition coefficient (Wildman–Crippen LogP) is 4.96. The van der Waals surface area contributed by atoms with Crippen LogP contribution in [0.25, 0.3) is 0 Å². The minimum absolute atomic E-state index is 0.125. The van der Waals surface area contributed by atoms with Gasteiger partial charge in [0.25, 0.3) is 5.69 Å². The lowest BCUT2D eigenvalue weighted by Gasteiger charge is -2.08. The van der Waals surface area contributed by atoms with Crippen molar-refractivity contribution in [1.29, 1.82) is 0 Å². The monoisotopic (exact) mass is 333 g/mol. The molecule has 0 unspecified atom stereocenters. The highest BCUT2D eigenvalue weighted by molar-refractivity contribution is 5.34. The summed E-state index contributed by atoms with van der Waals surface area (Å²) in [6.45, 7) is 0.548. The van der Waals surface area contributed by atoms with E-state index in [1.165, 1.54) is 5.56 Å². The van der Waals surface area contributed by atoms with Crippen molar-refractivity contribution in [3.05, 3.63) is 106 Å². The highest BCUT2D eigenvalue weighted by Crippen LogP contribution is 2.18. The molecule has 0 saturated carbocycles. The molecule has 0 amide bonds. The van der Waals surface area contributed by atoms with Crippen LogP contribution in [-0.4, -0.2) is 4.92 Å². The molecule has 0 atom stereocenters. The summed E-state index contributed by atoms with van der Waals surface area (Å²) in [5, 5.41) is 10.7. The zero-order valence-corrected chi connectivity index (χ0v) is 13.8. The first-order valence-corrected chi connectivity index (χ1v) is 8.20. The van der Waals surface area contributed by atoms with Crippen LogP contribution in [0.15, 0.2) is 78.9 Å². The molecule has 0 aliphatic heterocycles. The Balaban J connectivity index is 1.57. The summed E-state index contributed by atoms with van der Waals surface area (Å²) in [6.07, 6.45) is 1.69. The highest BCUT2D eigenvalue weighted by atomic mass is 16.6. The maximum atomic E-state index is 10.7. The third kappa shape index (κ3) is 4.91. The first-order valence-electron chi connectivity index (χ1n) is 8.20. The van der Waals surface area contributed by atoms with Gasteiger partial charge in [0.05, 0.1) is 4.92 Å². The average molecular weight is 333 g/mol. The topological polar surface area (TPSA) is 52.4 Å². The van der Waals surface area contributed by atoms with E-state index >= 15 is 0 Å². The van der Waals surface area contributed by atoms with Gasteiger partial charge in [0.2, 0.25) is 0 Å². The quantitative estimate of drug-likeness (QED) is 0.453. The van der Waals surface area contributed by atoms with E-state index in [1.54, 1.807) is 12.1 Å². The summed E-state index contributed by atoms with van der Waals surface area (Å²) in [5.74, 6) is 0.852. The Morgan fingerprint density at radius 3 is 2.16 bits per heavy atom. The molecular weight excluding hydrogens is 314 g/mol. The molecule has 0 heterocycles. The average Bonchev–Trinajstić information content (AvgIpc) is 2.66. The van der Waals surface area contributed by atoms with Crippen LogP contribution in [-0.2, 0) is 19.4 Å². The molecule has 0 spiro atoms. The summed E-state index contributed by atoms with van der Waals surface area (Å²) >= 11 is 0. The van der Waals surface area contributed by atoms with Crippen molar-refractivity contribution in [1.82, 2.24) is 0 Å². The third-order valence-electron chi connectivity index (χ3n) is 4.00. The molecule has 4 heteroatoms. The molecule has 25 heavy (non-hydrogen) atoms. The van der Waals surface area contributed by atoms with E-state index in [1.807, 2.05) is 60.7 Å². The smallest absolute Gasteiger partial charge is 0.269 e. The van der Waals surface area contributed by atoms with E-state index in [0.29, 0.717) is 6.61 Å². The summed E-state index contributed by atoms with van der Waals surface area (Å²) in [6, 6.07) is 24.9. The number of benzene rings is 3. The Morgan fingerprint density at radius 2 is 1.44 bits per heavy atom. The summed E-state index contributed by atoms with van der Waals surface area (Å²) in [4.78, 5) is 10.3. The number of non-ortho nitro benzene ring substituents is 1. The second-order valence-electron chi connectivity index (χ2n) is 5.85. The lowest BCUT2D eigenvalue weighted by atomic mass is 10.0. The maximum absolute atomic E-state index is 10.7. The van der Waals surface area contributed by atoms with Crippen LogP contribution >= 0.6 is 0 Å². The molecule has 3 rings (SSSR count). The fourth-order valence-corrected chi connectivity index (χ4v) is 2.60. The van der Waals surface area contributed by atoms with Gasteiger partial charge < -0.3 is 4.74 Å². The lowest BCUT2D eigenvalue weighted by molar-refractivity contribution is -0.384. The highest BCUT2D eigenvalue weighted by Gasteiger charge is 2.04. The molecule has 3 aromatic carbocycles. The van der Waals surface area contributed by atoms with Crippen molar-refractivity contribution in [3.63, 3.8) is 0 Å². The predicted molar refractivity (Wildman–Crippen MR) is 97.7 cm³/mol. The SMILES string of the molecule is O=[N+]([O-])c1ccc(CCc2cccc(OCc3ccccc3)c2)cc1. The second kappa shape index (κ2) is 8.11. The molecular formula is C21H19NO3. The van der Waals surface area contributed by atoms with E-state index in [4.69, 9.17) is 4.74 Å². The van der Waals surface area contributed by atoms with Gasteiger partial charge in [-0.2, -0.15) is 0 Å². The standard InChI is InChI=1S/C21H19NO3/c23-22(24)20-13-11-17(12-14-20)9-10-18-7-4-8-21(15-18)25-16-19-5-2-1-3-6-19/h1-8,11-15H,9-10,16H2. The van der Waals surface area contributed by atoms with Gasteiger partial charge in [-0.1, -0.05) is 54.6 Å². The van der Waals surface area contributed by atoms with Gasteiger partial charge in [-0.05, 0) is 41.7 Å². The molecule has 126 valence electrons. The Bertz CT molecular complexity index is 829. The molecule has 3 aromatic rings. The minimum Gasteiger partial charge on any atom is -0.489 e. The Kier molecular flexibility index (Phi) is 5.42. The van der Waals surface area contributed by atoms with Crippen molar-refractivity contribution < 1.29 is 9.66 Å². The first-order chi connectivity index (χ1) is 12.2. The van der Waals surface area contributed by atoms with Gasteiger partial charge in [0, 0.05) is 12.1 Å². The Morgan fingerprint density at radius 1 is 0.760 bits per heavy atom. The van der Waals surface area contributed by atoms with Crippen LogP contribution in [0.4, 0.5) is 5.69 Å². The molecule has 0 aliphatic carbocycles. The molecule has 0 saturated heterocycles. The number of rotatable bonds is 7. The molecule has 0 fully saturated rings. The van der Waals surface area contributed by atoms with Crippen LogP contribution < -0.4 is 4.74 Å². The zero-order valence-electron chi connectivity index (χ0n) is 13.8. The molecule has 0 aliphatic rings. The van der Waals surface area contributed by atoms with E-state index < -0.39 is 0 Å². The molecule has 0 N–H and O–H groups in total. The normalized spacial score (nSPS) is 10.4. The van der Waals surface area contributed by atoms with E-state index in [0.717, 1.165) is 29.7 Å². The van der Waals surface area contributed by atoms with Gasteiger partial charge in [0.15, 0.2) is 0 Å². The van der Waals surface area contributed by atoms with Crippen LogP contribution in [0, 0.1) is 10.1 Å². The Hall–Kier alpha value is -3.14. The third-order valence-corrected chi connectivity index (χ3v) is 4.00. The minimum atomic E-state index is -0.378. The summed E-state index contributed by atoms with van der Waals surface area (Å²) < 4.78 is 5.85. The largest absolute Gasteiger partial charge is 0.489 e. The number of ether oxygens (including phenoxy) is 1. The Labute approximate surface area is 146 Å². The first kappa shape index (κ1) is 16.7. The maximum Gasteiger partial charge on any atom is 0.269 e. The number of nitro benzene ring substituents is 1. The van der Waals surface area contributed by atoms with Crippen molar-refractivity contribution in [2.45, 2.75) is 19.4 Å². The van der Waals surface area contributed by atoms with Gasteiger partial charge in [-0.3, -0.25) is 10.1 Å². The van der Waals surface area contributed by atoms with Gasteiger partial charge in [0.1, 0.15) is 12.4 Å². The number of nitrogens with zero attached hydrogens (tertiary/aromatic N) is 1. The fourth-order valence-electron chi connectivity index (χ4n) is 2.60. The van der Waals surface area contributed by atoms with Crippen molar-refractivity contribution in [3.8, 4) is 5.75 Å². The van der Waals surface area contributed by atoms with E-state index in [9.17, 15) is 10.1 Å². The van der Waals surface area contributed by atoms with Crippen LogP contribution in [0.5, 0.6) is 5.75 Å². The van der Waals surface area contributed by atoms with E-state index in [2.05, 4.69) is 6.07 Å². The summed E-state index contributed by atoms with van der Waals surface area (Å²) in [5.41, 5.74) is 3.53. The fraction of sp³-hybridized carbons (Fsp3) is 0.143. The summed E-state index contributed by atoms with van der Waals surface area (Å²) in [7, 11) is 0. The van der Waals surface area contributed by atoms with Crippen molar-refractivity contribution >= 4 is 5.69 Å². The number of aryl methyl sites for hydroxylation is 2. The van der Waals surface area contributed by atoms with Crippen LogP contribution in [0.2, 0.25) is 0 Å². The van der Waals surface area contributed by atoms with Crippen molar-refractivity contribution in [2.24, 2.45) is 0 Å². The molecule has 0 bridgehead atoms. The molecule has 0 radical (unpaired) electrons.